The summed E-state index contributed by atoms with van der Waals surface area (Å²) >= 11 is 0. The summed E-state index contributed by atoms with van der Waals surface area (Å²) in [4.78, 5) is 20.7. The summed E-state index contributed by atoms with van der Waals surface area (Å²) in [5.41, 5.74) is 3.06. The lowest BCUT2D eigenvalue weighted by molar-refractivity contribution is 0.121. The first kappa shape index (κ1) is 22.3. The van der Waals surface area contributed by atoms with Gasteiger partial charge in [-0.25, -0.2) is 14.0 Å². The monoisotopic (exact) mass is 455 g/mol. The number of ether oxygens (including phenoxy) is 1. The van der Waals surface area contributed by atoms with Gasteiger partial charge in [0, 0.05) is 32.0 Å². The Bertz CT molecular complexity index is 1330. The van der Waals surface area contributed by atoms with Gasteiger partial charge in [0.2, 0.25) is 5.95 Å². The molecule has 2 atom stereocenters. The van der Waals surface area contributed by atoms with E-state index in [1.807, 2.05) is 38.1 Å². The van der Waals surface area contributed by atoms with Crippen molar-refractivity contribution in [1.29, 1.82) is 4.78 Å². The minimum atomic E-state index is -2.90. The maximum absolute atomic E-state index is 13.2. The van der Waals surface area contributed by atoms with Crippen LogP contribution in [0.1, 0.15) is 24.1 Å². The molecule has 0 bridgehead atoms. The summed E-state index contributed by atoms with van der Waals surface area (Å²) in [5, 5.41) is 3.97. The zero-order valence-corrected chi connectivity index (χ0v) is 19.7. The average Bonchev–Trinajstić information content (AvgIpc) is 2.76. The van der Waals surface area contributed by atoms with Crippen molar-refractivity contribution in [3.8, 4) is 0 Å². The molecule has 2 heterocycles. The fraction of sp³-hybridized carbons (Fsp3) is 0.391. The molecule has 0 radical (unpaired) electrons. The smallest absolute Gasteiger partial charge is 0.262 e. The lowest BCUT2D eigenvalue weighted by Gasteiger charge is -2.29. The van der Waals surface area contributed by atoms with Gasteiger partial charge in [-0.15, -0.1) is 0 Å². The van der Waals surface area contributed by atoms with Crippen molar-refractivity contribution in [3.05, 3.63) is 57.9 Å². The number of aryl methyl sites for hydroxylation is 1. The molecule has 0 saturated carbocycles. The third-order valence-electron chi connectivity index (χ3n) is 5.77. The molecule has 2 N–H and O–H groups in total. The third-order valence-corrected chi connectivity index (χ3v) is 6.97. The average molecular weight is 456 g/mol. The van der Waals surface area contributed by atoms with Gasteiger partial charge >= 0.3 is 0 Å². The van der Waals surface area contributed by atoms with Crippen LogP contribution in [0, 0.1) is 11.7 Å². The molecule has 1 fully saturated rings. The Balaban J connectivity index is 1.84. The summed E-state index contributed by atoms with van der Waals surface area (Å²) in [6.07, 6.45) is 1.42. The normalized spacial score (nSPS) is 17.2. The molecule has 1 saturated heterocycles. The Labute approximate surface area is 188 Å². The second-order valence-electron chi connectivity index (χ2n) is 8.33. The molecule has 1 aliphatic heterocycles. The van der Waals surface area contributed by atoms with Crippen molar-refractivity contribution < 1.29 is 8.95 Å². The number of benzene rings is 2. The largest absolute Gasteiger partial charge is 0.378 e. The van der Waals surface area contributed by atoms with Gasteiger partial charge in [-0.1, -0.05) is 18.2 Å². The van der Waals surface area contributed by atoms with Crippen LogP contribution in [-0.4, -0.2) is 46.3 Å². The van der Waals surface area contributed by atoms with E-state index in [4.69, 9.17) is 14.5 Å². The molecule has 0 amide bonds. The predicted molar refractivity (Wildman–Crippen MR) is 128 cm³/mol. The number of rotatable bonds is 5. The van der Waals surface area contributed by atoms with Crippen molar-refractivity contribution in [1.82, 2.24) is 9.55 Å². The van der Waals surface area contributed by atoms with Gasteiger partial charge in [-0.05, 0) is 37.6 Å². The van der Waals surface area contributed by atoms with E-state index in [0.717, 1.165) is 11.1 Å². The van der Waals surface area contributed by atoms with E-state index in [-0.39, 0.29) is 11.6 Å². The minimum Gasteiger partial charge on any atom is -0.378 e. The Morgan fingerprint density at radius 3 is 2.59 bits per heavy atom. The number of nitrogens with zero attached hydrogens (tertiary/aromatic N) is 3. The van der Waals surface area contributed by atoms with Gasteiger partial charge in [-0.2, -0.15) is 0 Å². The molecule has 3 aromatic rings. The first-order valence-corrected chi connectivity index (χ1v) is 12.6. The van der Waals surface area contributed by atoms with Gasteiger partial charge in [0.25, 0.3) is 5.56 Å². The van der Waals surface area contributed by atoms with Crippen molar-refractivity contribution in [2.24, 2.45) is 7.05 Å². The quantitative estimate of drug-likeness (QED) is 0.612. The maximum atomic E-state index is 13.2. The highest BCUT2D eigenvalue weighted by Crippen LogP contribution is 2.30. The highest BCUT2D eigenvalue weighted by molar-refractivity contribution is 7.91. The van der Waals surface area contributed by atoms with Crippen molar-refractivity contribution in [2.75, 3.05) is 42.8 Å². The van der Waals surface area contributed by atoms with Crippen LogP contribution in [-0.2, 0) is 21.5 Å². The van der Waals surface area contributed by atoms with Crippen molar-refractivity contribution in [3.63, 3.8) is 0 Å². The fourth-order valence-electron chi connectivity index (χ4n) is 4.15. The van der Waals surface area contributed by atoms with E-state index in [0.29, 0.717) is 53.7 Å². The summed E-state index contributed by atoms with van der Waals surface area (Å²) in [6.45, 7) is 6.52. The standard InChI is InChI=1S/C23H29N5O3S/c1-15-13-17(16(2)25-19-7-5-6-8-20(19)32(4,24)30)21-18(14-15)22(29)27(3)23(26-21)28-9-11-31-12-10-28/h5-8,13-14,16,24-25H,9-12H2,1-4H3/t16-,32-/m1/s1. The van der Waals surface area contributed by atoms with Crippen LogP contribution in [0.5, 0.6) is 0 Å². The van der Waals surface area contributed by atoms with E-state index in [1.54, 1.807) is 23.7 Å². The number of anilines is 2. The second-order valence-corrected chi connectivity index (χ2v) is 10.5. The van der Waals surface area contributed by atoms with Crippen LogP contribution in [0.4, 0.5) is 11.6 Å². The maximum Gasteiger partial charge on any atom is 0.262 e. The summed E-state index contributed by atoms with van der Waals surface area (Å²) in [7, 11) is -1.14. The Morgan fingerprint density at radius 1 is 1.22 bits per heavy atom. The van der Waals surface area contributed by atoms with Gasteiger partial charge in [0.05, 0.1) is 50.5 Å². The summed E-state index contributed by atoms with van der Waals surface area (Å²) < 4.78 is 27.6. The Kier molecular flexibility index (Phi) is 5.96. The lowest BCUT2D eigenvalue weighted by Crippen LogP contribution is -2.40. The summed E-state index contributed by atoms with van der Waals surface area (Å²) in [6, 6.07) is 10.9. The Hall–Kier alpha value is -2.91. The molecule has 1 aliphatic rings. The van der Waals surface area contributed by atoms with Crippen LogP contribution < -0.4 is 15.8 Å². The minimum absolute atomic E-state index is 0.0863. The van der Waals surface area contributed by atoms with E-state index < -0.39 is 9.73 Å². The predicted octanol–water partition coefficient (Wildman–Crippen LogP) is 3.29. The highest BCUT2D eigenvalue weighted by Gasteiger charge is 2.21. The molecule has 2 aromatic carbocycles. The van der Waals surface area contributed by atoms with Crippen LogP contribution in [0.2, 0.25) is 0 Å². The van der Waals surface area contributed by atoms with E-state index >= 15 is 0 Å². The molecule has 0 aliphatic carbocycles. The highest BCUT2D eigenvalue weighted by atomic mass is 32.2. The van der Waals surface area contributed by atoms with Gasteiger partial charge in [-0.3, -0.25) is 9.36 Å². The molecular weight excluding hydrogens is 426 g/mol. The number of hydrogen-bond acceptors (Lipinski definition) is 7. The van der Waals surface area contributed by atoms with Crippen LogP contribution in [0.25, 0.3) is 10.9 Å². The number of morpholine rings is 1. The van der Waals surface area contributed by atoms with E-state index in [9.17, 15) is 9.00 Å². The molecule has 9 heteroatoms. The number of aromatic nitrogens is 2. The van der Waals surface area contributed by atoms with E-state index in [2.05, 4.69) is 10.2 Å². The van der Waals surface area contributed by atoms with Gasteiger partial charge < -0.3 is 15.0 Å². The molecule has 0 spiro atoms. The van der Waals surface area contributed by atoms with E-state index in [1.165, 1.54) is 6.26 Å². The number of nitrogens with one attached hydrogen (secondary N) is 2. The van der Waals surface area contributed by atoms with Crippen LogP contribution in [0.15, 0.2) is 46.1 Å². The molecule has 1 aromatic heterocycles. The molecular formula is C23H29N5O3S. The SMILES string of the molecule is Cc1cc([C@@H](C)Nc2ccccc2[S@](C)(=N)=O)c2nc(N3CCOCC3)n(C)c(=O)c2c1. The lowest BCUT2D eigenvalue weighted by atomic mass is 10.0. The number of hydrogen-bond donors (Lipinski definition) is 2. The zero-order valence-electron chi connectivity index (χ0n) is 18.8. The van der Waals surface area contributed by atoms with Crippen molar-refractivity contribution >= 4 is 32.3 Å². The van der Waals surface area contributed by atoms with Gasteiger partial charge in [0.1, 0.15) is 0 Å². The fourth-order valence-corrected chi connectivity index (χ4v) is 5.04. The van der Waals surface area contributed by atoms with Crippen LogP contribution in [0.3, 0.4) is 0 Å². The Morgan fingerprint density at radius 2 is 1.91 bits per heavy atom. The summed E-state index contributed by atoms with van der Waals surface area (Å²) in [5.74, 6) is 0.631. The van der Waals surface area contributed by atoms with Gasteiger partial charge in [0.15, 0.2) is 0 Å². The molecule has 32 heavy (non-hydrogen) atoms. The number of fused-ring (bicyclic) bond motifs is 1. The van der Waals surface area contributed by atoms with Crippen LogP contribution >= 0.6 is 0 Å². The first-order valence-electron chi connectivity index (χ1n) is 10.6. The first-order chi connectivity index (χ1) is 15.2. The topological polar surface area (TPSA) is 100 Å². The zero-order chi connectivity index (χ0) is 23.0. The molecule has 4 rings (SSSR count). The second kappa shape index (κ2) is 8.55. The number of para-hydroxylation sites is 1. The van der Waals surface area contributed by atoms with Crippen molar-refractivity contribution in [2.45, 2.75) is 24.8 Å². The third kappa shape index (κ3) is 4.22. The molecule has 8 nitrogen and oxygen atoms in total. The molecule has 170 valence electrons. The molecule has 0 unspecified atom stereocenters.